The van der Waals surface area contributed by atoms with Crippen molar-refractivity contribution in [3.8, 4) is 0 Å². The van der Waals surface area contributed by atoms with Gasteiger partial charge in [0.25, 0.3) is 0 Å². The first-order chi connectivity index (χ1) is 7.07. The van der Waals surface area contributed by atoms with Crippen LogP contribution in [0.15, 0.2) is 21.1 Å². The molecule has 1 rings (SSSR count). The van der Waals surface area contributed by atoms with Crippen LogP contribution in [-0.4, -0.2) is 12.6 Å². The molecule has 0 aromatic heterocycles. The molecule has 1 aromatic rings. The minimum absolute atomic E-state index is 0.373. The van der Waals surface area contributed by atoms with Gasteiger partial charge < -0.3 is 10.5 Å². The van der Waals surface area contributed by atoms with Crippen molar-refractivity contribution in [1.82, 2.24) is 0 Å². The van der Waals surface area contributed by atoms with E-state index in [4.69, 9.17) is 10.5 Å². The SMILES string of the molecule is CCCOC(=O)c1c(Br)ccc(Br)c1N. The Kier molecular flexibility index (Phi) is 4.60. The maximum Gasteiger partial charge on any atom is 0.341 e. The summed E-state index contributed by atoms with van der Waals surface area (Å²) >= 11 is 6.54. The fourth-order valence-corrected chi connectivity index (χ4v) is 1.88. The number of benzene rings is 1. The summed E-state index contributed by atoms with van der Waals surface area (Å²) in [4.78, 5) is 11.6. The highest BCUT2D eigenvalue weighted by Crippen LogP contribution is 2.30. The van der Waals surface area contributed by atoms with Crippen molar-refractivity contribution in [2.75, 3.05) is 12.3 Å². The van der Waals surface area contributed by atoms with Gasteiger partial charge in [-0.3, -0.25) is 0 Å². The average Bonchev–Trinajstić information content (AvgIpc) is 2.21. The summed E-state index contributed by atoms with van der Waals surface area (Å²) < 4.78 is 6.36. The van der Waals surface area contributed by atoms with E-state index in [0.717, 1.165) is 6.42 Å². The minimum atomic E-state index is -0.400. The molecule has 1 aromatic carbocycles. The van der Waals surface area contributed by atoms with Gasteiger partial charge in [-0.2, -0.15) is 0 Å². The molecule has 0 unspecified atom stereocenters. The molecule has 0 amide bonds. The van der Waals surface area contributed by atoms with Gasteiger partial charge in [-0.15, -0.1) is 0 Å². The lowest BCUT2D eigenvalue weighted by Crippen LogP contribution is -2.10. The molecule has 0 fully saturated rings. The van der Waals surface area contributed by atoms with Crippen molar-refractivity contribution in [3.05, 3.63) is 26.6 Å². The van der Waals surface area contributed by atoms with Crippen LogP contribution in [-0.2, 0) is 4.74 Å². The summed E-state index contributed by atoms with van der Waals surface area (Å²) in [5.74, 6) is -0.400. The normalized spacial score (nSPS) is 10.1. The van der Waals surface area contributed by atoms with Gasteiger partial charge in [0, 0.05) is 8.95 Å². The number of ether oxygens (including phenoxy) is 1. The highest BCUT2D eigenvalue weighted by Gasteiger charge is 2.16. The van der Waals surface area contributed by atoms with E-state index >= 15 is 0 Å². The second-order valence-electron chi connectivity index (χ2n) is 2.95. The Hall–Kier alpha value is -0.550. The summed E-state index contributed by atoms with van der Waals surface area (Å²) in [5, 5.41) is 0. The molecule has 0 aliphatic carbocycles. The molecular weight excluding hydrogens is 326 g/mol. The molecule has 0 radical (unpaired) electrons. The minimum Gasteiger partial charge on any atom is -0.462 e. The highest BCUT2D eigenvalue weighted by atomic mass is 79.9. The van der Waals surface area contributed by atoms with E-state index in [1.807, 2.05) is 6.92 Å². The Balaban J connectivity index is 3.02. The van der Waals surface area contributed by atoms with Crippen LogP contribution in [0.5, 0.6) is 0 Å². The van der Waals surface area contributed by atoms with Crippen LogP contribution in [0.3, 0.4) is 0 Å². The first kappa shape index (κ1) is 12.5. The van der Waals surface area contributed by atoms with E-state index in [1.54, 1.807) is 12.1 Å². The number of anilines is 1. The molecule has 5 heteroatoms. The van der Waals surface area contributed by atoms with Gasteiger partial charge in [-0.1, -0.05) is 6.92 Å². The molecule has 0 spiro atoms. The Morgan fingerprint density at radius 1 is 1.40 bits per heavy atom. The van der Waals surface area contributed by atoms with Gasteiger partial charge in [0.1, 0.15) is 0 Å². The molecule has 3 nitrogen and oxygen atoms in total. The lowest BCUT2D eigenvalue weighted by Gasteiger charge is -2.09. The molecule has 0 heterocycles. The number of carbonyl (C=O) groups is 1. The van der Waals surface area contributed by atoms with Crippen molar-refractivity contribution in [1.29, 1.82) is 0 Å². The third kappa shape index (κ3) is 2.95. The monoisotopic (exact) mass is 335 g/mol. The van der Waals surface area contributed by atoms with Gasteiger partial charge in [-0.05, 0) is 50.4 Å². The average molecular weight is 337 g/mol. The summed E-state index contributed by atoms with van der Waals surface area (Å²) in [5.41, 5.74) is 6.55. The predicted octanol–water partition coefficient (Wildman–Crippen LogP) is 3.36. The van der Waals surface area contributed by atoms with E-state index in [9.17, 15) is 4.79 Å². The quantitative estimate of drug-likeness (QED) is 0.680. The van der Waals surface area contributed by atoms with E-state index in [2.05, 4.69) is 31.9 Å². The molecule has 2 N–H and O–H groups in total. The number of hydrogen-bond donors (Lipinski definition) is 1. The second kappa shape index (κ2) is 5.51. The summed E-state index contributed by atoms with van der Waals surface area (Å²) in [6.45, 7) is 2.34. The third-order valence-corrected chi connectivity index (χ3v) is 3.14. The standard InChI is InChI=1S/C10H11Br2NO2/c1-2-5-15-10(14)8-6(11)3-4-7(12)9(8)13/h3-4H,2,5,13H2,1H3. The van der Waals surface area contributed by atoms with Crippen molar-refractivity contribution in [3.63, 3.8) is 0 Å². The van der Waals surface area contributed by atoms with E-state index in [0.29, 0.717) is 26.8 Å². The number of halogens is 2. The van der Waals surface area contributed by atoms with Crippen molar-refractivity contribution < 1.29 is 9.53 Å². The Labute approximate surface area is 105 Å². The van der Waals surface area contributed by atoms with Crippen LogP contribution in [0.2, 0.25) is 0 Å². The van der Waals surface area contributed by atoms with Crippen molar-refractivity contribution >= 4 is 43.5 Å². The summed E-state index contributed by atoms with van der Waals surface area (Å²) in [6, 6.07) is 3.53. The van der Waals surface area contributed by atoms with Gasteiger partial charge in [0.05, 0.1) is 17.9 Å². The number of hydrogen-bond acceptors (Lipinski definition) is 3. The first-order valence-electron chi connectivity index (χ1n) is 4.48. The Morgan fingerprint density at radius 2 is 2.00 bits per heavy atom. The van der Waals surface area contributed by atoms with E-state index in [1.165, 1.54) is 0 Å². The molecule has 0 saturated carbocycles. The highest BCUT2D eigenvalue weighted by molar-refractivity contribution is 9.11. The second-order valence-corrected chi connectivity index (χ2v) is 4.66. The maximum absolute atomic E-state index is 11.6. The van der Waals surface area contributed by atoms with E-state index < -0.39 is 5.97 Å². The predicted molar refractivity (Wildman–Crippen MR) is 66.8 cm³/mol. The fourth-order valence-electron chi connectivity index (χ4n) is 1.04. The van der Waals surface area contributed by atoms with Crippen LogP contribution in [0, 0.1) is 0 Å². The zero-order valence-corrected chi connectivity index (χ0v) is 11.4. The van der Waals surface area contributed by atoms with Gasteiger partial charge in [0.2, 0.25) is 0 Å². The molecule has 0 saturated heterocycles. The third-order valence-electron chi connectivity index (χ3n) is 1.78. The molecule has 0 aliphatic heterocycles. The van der Waals surface area contributed by atoms with Crippen molar-refractivity contribution in [2.45, 2.75) is 13.3 Å². The Morgan fingerprint density at radius 3 is 2.60 bits per heavy atom. The Bertz CT molecular complexity index is 380. The van der Waals surface area contributed by atoms with Gasteiger partial charge >= 0.3 is 5.97 Å². The molecule has 0 atom stereocenters. The van der Waals surface area contributed by atoms with Crippen molar-refractivity contribution in [2.24, 2.45) is 0 Å². The zero-order valence-electron chi connectivity index (χ0n) is 8.22. The molecular formula is C10H11Br2NO2. The largest absolute Gasteiger partial charge is 0.462 e. The van der Waals surface area contributed by atoms with Crippen LogP contribution < -0.4 is 5.73 Å². The van der Waals surface area contributed by atoms with Gasteiger partial charge in [-0.25, -0.2) is 4.79 Å². The number of esters is 1. The smallest absolute Gasteiger partial charge is 0.341 e. The number of rotatable bonds is 3. The number of carbonyl (C=O) groups excluding carboxylic acids is 1. The van der Waals surface area contributed by atoms with Crippen LogP contribution in [0.25, 0.3) is 0 Å². The molecule has 82 valence electrons. The lowest BCUT2D eigenvalue weighted by molar-refractivity contribution is 0.0505. The number of nitrogen functional groups attached to an aromatic ring is 1. The van der Waals surface area contributed by atoms with E-state index in [-0.39, 0.29) is 0 Å². The molecule has 0 aliphatic rings. The first-order valence-corrected chi connectivity index (χ1v) is 6.07. The maximum atomic E-state index is 11.6. The summed E-state index contributed by atoms with van der Waals surface area (Å²) in [6.07, 6.45) is 0.789. The summed E-state index contributed by atoms with van der Waals surface area (Å²) in [7, 11) is 0. The van der Waals surface area contributed by atoms with Crippen LogP contribution in [0.4, 0.5) is 5.69 Å². The van der Waals surface area contributed by atoms with Crippen LogP contribution >= 0.6 is 31.9 Å². The fraction of sp³-hybridized carbons (Fsp3) is 0.300. The molecule has 15 heavy (non-hydrogen) atoms. The zero-order chi connectivity index (χ0) is 11.4. The number of nitrogens with two attached hydrogens (primary N) is 1. The van der Waals surface area contributed by atoms with Gasteiger partial charge in [0.15, 0.2) is 0 Å². The molecule has 0 bridgehead atoms. The van der Waals surface area contributed by atoms with Crippen LogP contribution in [0.1, 0.15) is 23.7 Å². The lowest BCUT2D eigenvalue weighted by atomic mass is 10.2. The topological polar surface area (TPSA) is 52.3 Å².